The number of hydrogen-bond acceptors (Lipinski definition) is 3. The van der Waals surface area contributed by atoms with Crippen LogP contribution in [0.1, 0.15) is 29.2 Å². The lowest BCUT2D eigenvalue weighted by atomic mass is 10.1. The number of piperazine rings is 1. The molecule has 1 amide bonds. The number of carbonyl (C=O) groups is 1. The summed E-state index contributed by atoms with van der Waals surface area (Å²) in [6, 6.07) is 16.9. The predicted octanol–water partition coefficient (Wildman–Crippen LogP) is 4.39. The second kappa shape index (κ2) is 7.80. The van der Waals surface area contributed by atoms with Crippen LogP contribution in [-0.4, -0.2) is 42.1 Å². The van der Waals surface area contributed by atoms with Gasteiger partial charge in [-0.15, -0.1) is 0 Å². The highest BCUT2D eigenvalue weighted by Gasteiger charge is 2.31. The first-order valence-corrected chi connectivity index (χ1v) is 9.98. The van der Waals surface area contributed by atoms with E-state index in [-0.39, 0.29) is 6.09 Å². The van der Waals surface area contributed by atoms with Crippen LogP contribution in [-0.2, 0) is 17.8 Å². The number of hydrogen-bond donors (Lipinski definition) is 0. The normalized spacial score (nSPS) is 20.0. The van der Waals surface area contributed by atoms with Gasteiger partial charge in [-0.3, -0.25) is 4.90 Å². The lowest BCUT2D eigenvalue weighted by Gasteiger charge is -2.37. The Bertz CT molecular complexity index is 773. The molecule has 1 fully saturated rings. The molecule has 5 heteroatoms. The maximum absolute atomic E-state index is 12.3. The van der Waals surface area contributed by atoms with Gasteiger partial charge in [0.25, 0.3) is 0 Å². The van der Waals surface area contributed by atoms with Crippen LogP contribution in [0, 0.1) is 0 Å². The molecule has 2 aromatic carbocycles. The van der Waals surface area contributed by atoms with Crippen LogP contribution in [0.15, 0.2) is 53.0 Å². The fraction of sp³-hybridized carbons (Fsp3) is 0.381. The summed E-state index contributed by atoms with van der Waals surface area (Å²) in [6.45, 7) is 3.61. The van der Waals surface area contributed by atoms with Gasteiger partial charge in [-0.2, -0.15) is 0 Å². The molecule has 1 heterocycles. The van der Waals surface area contributed by atoms with Gasteiger partial charge in [-0.1, -0.05) is 52.3 Å². The number of nitrogens with zero attached hydrogens (tertiary/aromatic N) is 2. The monoisotopic (exact) mass is 414 g/mol. The standard InChI is InChI=1S/C21H23BrN2O2/c22-18-7-8-19-17(14-18)6-9-20(19)23-10-12-24(13-11-23)21(25)26-15-16-4-2-1-3-5-16/h1-5,7-8,14,20H,6,9-13,15H2. The lowest BCUT2D eigenvalue weighted by Crippen LogP contribution is -2.49. The van der Waals surface area contributed by atoms with E-state index in [1.165, 1.54) is 17.5 Å². The molecule has 1 aliphatic carbocycles. The number of carbonyl (C=O) groups excluding carboxylic acids is 1. The Kier molecular flexibility index (Phi) is 5.27. The number of aryl methyl sites for hydroxylation is 1. The van der Waals surface area contributed by atoms with Gasteiger partial charge < -0.3 is 9.64 Å². The van der Waals surface area contributed by atoms with E-state index < -0.39 is 0 Å². The van der Waals surface area contributed by atoms with E-state index in [2.05, 4.69) is 39.0 Å². The van der Waals surface area contributed by atoms with E-state index in [4.69, 9.17) is 4.74 Å². The number of fused-ring (bicyclic) bond motifs is 1. The maximum atomic E-state index is 12.3. The van der Waals surface area contributed by atoms with Crippen molar-refractivity contribution in [3.63, 3.8) is 0 Å². The van der Waals surface area contributed by atoms with Crippen molar-refractivity contribution in [1.29, 1.82) is 0 Å². The average molecular weight is 415 g/mol. The van der Waals surface area contributed by atoms with Crippen molar-refractivity contribution in [2.45, 2.75) is 25.5 Å². The summed E-state index contributed by atoms with van der Waals surface area (Å²) in [7, 11) is 0. The Morgan fingerprint density at radius 1 is 1.08 bits per heavy atom. The molecule has 1 unspecified atom stereocenters. The topological polar surface area (TPSA) is 32.8 Å². The highest BCUT2D eigenvalue weighted by molar-refractivity contribution is 9.10. The van der Waals surface area contributed by atoms with Crippen LogP contribution in [0.2, 0.25) is 0 Å². The van der Waals surface area contributed by atoms with Crippen molar-refractivity contribution in [2.75, 3.05) is 26.2 Å². The van der Waals surface area contributed by atoms with E-state index in [1.807, 2.05) is 35.2 Å². The van der Waals surface area contributed by atoms with Gasteiger partial charge >= 0.3 is 6.09 Å². The molecule has 2 aliphatic rings. The van der Waals surface area contributed by atoms with Crippen LogP contribution < -0.4 is 0 Å². The highest BCUT2D eigenvalue weighted by atomic mass is 79.9. The number of halogens is 1. The molecule has 0 spiro atoms. The van der Waals surface area contributed by atoms with E-state index in [0.29, 0.717) is 12.6 Å². The summed E-state index contributed by atoms with van der Waals surface area (Å²) in [5.74, 6) is 0. The predicted molar refractivity (Wildman–Crippen MR) is 105 cm³/mol. The van der Waals surface area contributed by atoms with Crippen molar-refractivity contribution in [1.82, 2.24) is 9.80 Å². The Morgan fingerprint density at radius 3 is 2.62 bits per heavy atom. The molecule has 0 bridgehead atoms. The zero-order chi connectivity index (χ0) is 17.9. The van der Waals surface area contributed by atoms with Crippen molar-refractivity contribution < 1.29 is 9.53 Å². The summed E-state index contributed by atoms with van der Waals surface area (Å²) >= 11 is 3.56. The average Bonchev–Trinajstić information content (AvgIpc) is 3.10. The molecule has 136 valence electrons. The molecule has 26 heavy (non-hydrogen) atoms. The first-order valence-electron chi connectivity index (χ1n) is 9.19. The number of benzene rings is 2. The zero-order valence-electron chi connectivity index (χ0n) is 14.7. The number of ether oxygens (including phenoxy) is 1. The second-order valence-electron chi connectivity index (χ2n) is 6.96. The van der Waals surface area contributed by atoms with Crippen LogP contribution in [0.3, 0.4) is 0 Å². The van der Waals surface area contributed by atoms with Crippen molar-refractivity contribution >= 4 is 22.0 Å². The molecule has 1 aliphatic heterocycles. The lowest BCUT2D eigenvalue weighted by molar-refractivity contribution is 0.0596. The molecule has 0 radical (unpaired) electrons. The number of rotatable bonds is 3. The fourth-order valence-electron chi connectivity index (χ4n) is 3.97. The van der Waals surface area contributed by atoms with E-state index >= 15 is 0 Å². The van der Waals surface area contributed by atoms with Crippen molar-refractivity contribution in [3.8, 4) is 0 Å². The fourth-order valence-corrected chi connectivity index (χ4v) is 4.38. The second-order valence-corrected chi connectivity index (χ2v) is 7.88. The SMILES string of the molecule is O=C(OCc1ccccc1)N1CCN(C2CCc3cc(Br)ccc32)CC1. The summed E-state index contributed by atoms with van der Waals surface area (Å²) in [6.07, 6.45) is 2.10. The van der Waals surface area contributed by atoms with Crippen LogP contribution in [0.25, 0.3) is 0 Å². The molecule has 1 saturated heterocycles. The van der Waals surface area contributed by atoms with Gasteiger partial charge in [-0.25, -0.2) is 4.79 Å². The van der Waals surface area contributed by atoms with E-state index in [0.717, 1.165) is 42.6 Å². The largest absolute Gasteiger partial charge is 0.445 e. The molecule has 4 nitrogen and oxygen atoms in total. The van der Waals surface area contributed by atoms with Gasteiger partial charge in [0, 0.05) is 36.7 Å². The Labute approximate surface area is 162 Å². The van der Waals surface area contributed by atoms with E-state index in [9.17, 15) is 4.79 Å². The quantitative estimate of drug-likeness (QED) is 0.746. The Hall–Kier alpha value is -1.85. The van der Waals surface area contributed by atoms with Crippen LogP contribution in [0.4, 0.5) is 4.79 Å². The Morgan fingerprint density at radius 2 is 1.85 bits per heavy atom. The zero-order valence-corrected chi connectivity index (χ0v) is 16.3. The summed E-state index contributed by atoms with van der Waals surface area (Å²) in [5, 5.41) is 0. The van der Waals surface area contributed by atoms with Crippen molar-refractivity contribution in [2.24, 2.45) is 0 Å². The van der Waals surface area contributed by atoms with Gasteiger partial charge in [-0.05, 0) is 41.7 Å². The highest BCUT2D eigenvalue weighted by Crippen LogP contribution is 2.37. The molecule has 4 rings (SSSR count). The number of amides is 1. The third kappa shape index (κ3) is 3.79. The van der Waals surface area contributed by atoms with Gasteiger partial charge in [0.2, 0.25) is 0 Å². The first kappa shape index (κ1) is 17.6. The van der Waals surface area contributed by atoms with Gasteiger partial charge in [0.05, 0.1) is 0 Å². The minimum Gasteiger partial charge on any atom is -0.445 e. The molecule has 1 atom stereocenters. The minimum absolute atomic E-state index is 0.204. The molecule has 0 saturated carbocycles. The molecular formula is C21H23BrN2O2. The smallest absolute Gasteiger partial charge is 0.410 e. The molecule has 2 aromatic rings. The van der Waals surface area contributed by atoms with Gasteiger partial charge in [0.15, 0.2) is 0 Å². The van der Waals surface area contributed by atoms with Crippen molar-refractivity contribution in [3.05, 3.63) is 69.7 Å². The third-order valence-corrected chi connectivity index (χ3v) is 5.86. The molecule has 0 aromatic heterocycles. The van der Waals surface area contributed by atoms with E-state index in [1.54, 1.807) is 0 Å². The summed E-state index contributed by atoms with van der Waals surface area (Å²) in [4.78, 5) is 16.7. The van der Waals surface area contributed by atoms with Crippen LogP contribution in [0.5, 0.6) is 0 Å². The molecule has 0 N–H and O–H groups in total. The molecular weight excluding hydrogens is 392 g/mol. The maximum Gasteiger partial charge on any atom is 0.410 e. The summed E-state index contributed by atoms with van der Waals surface area (Å²) < 4.78 is 6.62. The summed E-state index contributed by atoms with van der Waals surface area (Å²) in [5.41, 5.74) is 3.93. The van der Waals surface area contributed by atoms with Gasteiger partial charge in [0.1, 0.15) is 6.61 Å². The third-order valence-electron chi connectivity index (χ3n) is 5.37. The van der Waals surface area contributed by atoms with Crippen LogP contribution >= 0.6 is 15.9 Å². The first-order chi connectivity index (χ1) is 12.7. The minimum atomic E-state index is -0.204. The Balaban J connectivity index is 1.30.